The van der Waals surface area contributed by atoms with Crippen molar-refractivity contribution >= 4 is 23.0 Å². The molecule has 2 rings (SSSR count). The molecule has 1 aliphatic rings. The minimum atomic E-state index is -1.18. The summed E-state index contributed by atoms with van der Waals surface area (Å²) in [5.74, 6) is 0. The number of hydrogen-bond acceptors (Lipinski definition) is 5. The number of halogens is 1. The van der Waals surface area contributed by atoms with Gasteiger partial charge in [-0.2, -0.15) is 5.26 Å². The molecule has 1 aliphatic carbocycles. The van der Waals surface area contributed by atoms with Gasteiger partial charge >= 0.3 is 0 Å². The van der Waals surface area contributed by atoms with Crippen LogP contribution in [0.4, 0.5) is 5.69 Å². The van der Waals surface area contributed by atoms with Crippen molar-refractivity contribution in [3.8, 4) is 6.07 Å². The van der Waals surface area contributed by atoms with Crippen LogP contribution in [0.3, 0.4) is 0 Å². The summed E-state index contributed by atoms with van der Waals surface area (Å²) in [6.07, 6.45) is 1.58. The number of nitrogens with two attached hydrogens (primary N) is 1. The van der Waals surface area contributed by atoms with Crippen LogP contribution in [-0.4, -0.2) is 23.7 Å². The minimum absolute atomic E-state index is 0.223. The van der Waals surface area contributed by atoms with Gasteiger partial charge in [0.05, 0.1) is 23.2 Å². The lowest BCUT2D eigenvalue weighted by Crippen LogP contribution is -2.26. The van der Waals surface area contributed by atoms with Gasteiger partial charge in [0.1, 0.15) is 0 Å². The molecule has 23 heavy (non-hydrogen) atoms. The standard InChI is InChI=1S/C17H18ClN3O2/c1-2-23-17(22)16(20)14-7-6-11(10-19)8-15(14)21-13-5-3-4-12(18)9-13/h3-5,8-9,17,22H,2,6-7,20H2,1H3/b16-14-,21-15?. The second-order valence-corrected chi connectivity index (χ2v) is 5.44. The molecule has 0 spiro atoms. The van der Waals surface area contributed by atoms with Crippen molar-refractivity contribution in [2.24, 2.45) is 10.7 Å². The average Bonchev–Trinajstić information content (AvgIpc) is 2.54. The zero-order valence-corrected chi connectivity index (χ0v) is 13.5. The van der Waals surface area contributed by atoms with E-state index in [0.717, 1.165) is 0 Å². The average molecular weight is 332 g/mol. The van der Waals surface area contributed by atoms with Gasteiger partial charge in [0, 0.05) is 22.8 Å². The van der Waals surface area contributed by atoms with E-state index in [0.29, 0.717) is 47.0 Å². The molecule has 0 saturated carbocycles. The fourth-order valence-corrected chi connectivity index (χ4v) is 2.46. The topological polar surface area (TPSA) is 91.6 Å². The Morgan fingerprint density at radius 2 is 2.30 bits per heavy atom. The summed E-state index contributed by atoms with van der Waals surface area (Å²) in [6, 6.07) is 9.22. The van der Waals surface area contributed by atoms with E-state index in [2.05, 4.69) is 11.1 Å². The minimum Gasteiger partial charge on any atom is -0.398 e. The highest BCUT2D eigenvalue weighted by molar-refractivity contribution is 6.30. The smallest absolute Gasteiger partial charge is 0.196 e. The first kappa shape index (κ1) is 17.2. The van der Waals surface area contributed by atoms with E-state index < -0.39 is 6.29 Å². The highest BCUT2D eigenvalue weighted by Gasteiger charge is 2.21. The maximum atomic E-state index is 9.95. The third-order valence-corrected chi connectivity index (χ3v) is 3.64. The van der Waals surface area contributed by atoms with Crippen LogP contribution in [0, 0.1) is 11.3 Å². The number of rotatable bonds is 4. The molecule has 0 bridgehead atoms. The predicted octanol–water partition coefficient (Wildman–Crippen LogP) is 3.22. The molecule has 3 N–H and O–H groups in total. The maximum Gasteiger partial charge on any atom is 0.196 e. The fourth-order valence-electron chi connectivity index (χ4n) is 2.27. The molecule has 0 aromatic heterocycles. The van der Waals surface area contributed by atoms with Gasteiger partial charge in [-0.15, -0.1) is 0 Å². The molecular formula is C17H18ClN3O2. The van der Waals surface area contributed by atoms with E-state index in [1.165, 1.54) is 0 Å². The number of aliphatic hydroxyl groups excluding tert-OH is 1. The van der Waals surface area contributed by atoms with Gasteiger partial charge in [-0.1, -0.05) is 17.7 Å². The summed E-state index contributed by atoms with van der Waals surface area (Å²) in [4.78, 5) is 4.52. The van der Waals surface area contributed by atoms with Crippen molar-refractivity contribution in [3.05, 3.63) is 52.2 Å². The summed E-state index contributed by atoms with van der Waals surface area (Å²) in [7, 11) is 0. The zero-order valence-electron chi connectivity index (χ0n) is 12.8. The van der Waals surface area contributed by atoms with Crippen molar-refractivity contribution in [1.29, 1.82) is 5.26 Å². The number of nitriles is 1. The van der Waals surface area contributed by atoms with E-state index in [1.54, 1.807) is 37.3 Å². The van der Waals surface area contributed by atoms with Crippen molar-refractivity contribution < 1.29 is 9.84 Å². The molecule has 0 heterocycles. The Balaban J connectivity index is 2.48. The Morgan fingerprint density at radius 1 is 1.52 bits per heavy atom. The largest absolute Gasteiger partial charge is 0.398 e. The molecule has 0 aliphatic heterocycles. The normalized spacial score (nSPS) is 19.9. The molecule has 0 amide bonds. The zero-order chi connectivity index (χ0) is 16.8. The first-order valence-corrected chi connectivity index (χ1v) is 7.66. The van der Waals surface area contributed by atoms with Gasteiger partial charge in [-0.25, -0.2) is 4.99 Å². The third-order valence-electron chi connectivity index (χ3n) is 3.40. The molecule has 0 fully saturated rings. The second-order valence-electron chi connectivity index (χ2n) is 5.00. The van der Waals surface area contributed by atoms with Crippen LogP contribution >= 0.6 is 11.6 Å². The number of benzene rings is 1. The van der Waals surface area contributed by atoms with Gasteiger partial charge in [0.25, 0.3) is 0 Å². The van der Waals surface area contributed by atoms with Gasteiger partial charge in [-0.05, 0) is 44.0 Å². The van der Waals surface area contributed by atoms with Gasteiger partial charge in [0.2, 0.25) is 0 Å². The highest BCUT2D eigenvalue weighted by Crippen LogP contribution is 2.27. The molecule has 1 unspecified atom stereocenters. The van der Waals surface area contributed by atoms with Crippen molar-refractivity contribution in [2.75, 3.05) is 6.61 Å². The molecule has 0 saturated heterocycles. The van der Waals surface area contributed by atoms with Gasteiger partial charge in [-0.3, -0.25) is 0 Å². The highest BCUT2D eigenvalue weighted by atomic mass is 35.5. The van der Waals surface area contributed by atoms with Crippen LogP contribution in [0.15, 0.2) is 52.2 Å². The maximum absolute atomic E-state index is 9.95. The van der Waals surface area contributed by atoms with Crippen molar-refractivity contribution in [3.63, 3.8) is 0 Å². The molecular weight excluding hydrogens is 314 g/mol. The van der Waals surface area contributed by atoms with Crippen molar-refractivity contribution in [2.45, 2.75) is 26.1 Å². The summed E-state index contributed by atoms with van der Waals surface area (Å²) in [6.45, 7) is 2.12. The van der Waals surface area contributed by atoms with E-state index in [1.807, 2.05) is 0 Å². The number of aliphatic hydroxyl groups is 1. The van der Waals surface area contributed by atoms with Gasteiger partial charge < -0.3 is 15.6 Å². The van der Waals surface area contributed by atoms with Crippen LogP contribution in [0.2, 0.25) is 5.02 Å². The van der Waals surface area contributed by atoms with E-state index in [4.69, 9.17) is 27.3 Å². The molecule has 0 radical (unpaired) electrons. The SMILES string of the molecule is CCOC(O)/C(N)=C1\CCC(C#N)=CC1=Nc1cccc(Cl)c1. The quantitative estimate of drug-likeness (QED) is 0.828. The number of hydrogen-bond donors (Lipinski definition) is 2. The second kappa shape index (κ2) is 7.93. The van der Waals surface area contributed by atoms with Crippen LogP contribution < -0.4 is 5.73 Å². The van der Waals surface area contributed by atoms with Crippen LogP contribution in [0.25, 0.3) is 0 Å². The van der Waals surface area contributed by atoms with Crippen LogP contribution in [0.5, 0.6) is 0 Å². The summed E-state index contributed by atoms with van der Waals surface area (Å²) in [5, 5.41) is 19.6. The Hall–Kier alpha value is -2.13. The fraction of sp³-hybridized carbons (Fsp3) is 0.294. The summed E-state index contributed by atoms with van der Waals surface area (Å²) >= 11 is 5.98. The molecule has 1 aromatic carbocycles. The van der Waals surface area contributed by atoms with E-state index in [9.17, 15) is 5.11 Å². The molecule has 5 nitrogen and oxygen atoms in total. The Kier molecular flexibility index (Phi) is 5.94. The van der Waals surface area contributed by atoms with E-state index in [-0.39, 0.29) is 5.70 Å². The molecule has 1 aromatic rings. The Bertz CT molecular complexity index is 717. The lowest BCUT2D eigenvalue weighted by molar-refractivity contribution is -0.0683. The first-order chi connectivity index (χ1) is 11.0. The van der Waals surface area contributed by atoms with Crippen molar-refractivity contribution in [1.82, 2.24) is 0 Å². The summed E-state index contributed by atoms with van der Waals surface area (Å²) in [5.41, 5.74) is 8.75. The molecule has 1 atom stereocenters. The number of aliphatic imine (C=N–C) groups is 1. The number of ether oxygens (including phenoxy) is 1. The summed E-state index contributed by atoms with van der Waals surface area (Å²) < 4.78 is 5.14. The molecule has 120 valence electrons. The van der Waals surface area contributed by atoms with Gasteiger partial charge in [0.15, 0.2) is 6.29 Å². The lowest BCUT2D eigenvalue weighted by atomic mass is 9.91. The van der Waals surface area contributed by atoms with Crippen LogP contribution in [0.1, 0.15) is 19.8 Å². The Labute approximate surface area is 140 Å². The molecule has 6 heteroatoms. The lowest BCUT2D eigenvalue weighted by Gasteiger charge is -2.20. The number of nitrogens with zero attached hydrogens (tertiary/aromatic N) is 2. The third kappa shape index (κ3) is 4.42. The first-order valence-electron chi connectivity index (χ1n) is 7.28. The van der Waals surface area contributed by atoms with Crippen LogP contribution in [-0.2, 0) is 4.74 Å². The predicted molar refractivity (Wildman–Crippen MR) is 90.3 cm³/mol. The monoisotopic (exact) mass is 331 g/mol. The number of allylic oxidation sites excluding steroid dienone is 3. The Morgan fingerprint density at radius 3 is 2.96 bits per heavy atom. The van der Waals surface area contributed by atoms with E-state index >= 15 is 0 Å².